The Hall–Kier alpha value is -6.68. The molecule has 0 fully saturated rings. The summed E-state index contributed by atoms with van der Waals surface area (Å²) in [6.45, 7) is 0.528. The van der Waals surface area contributed by atoms with Crippen LogP contribution in [0.25, 0.3) is 0 Å². The van der Waals surface area contributed by atoms with Gasteiger partial charge in [-0.3, -0.25) is 20.2 Å². The van der Waals surface area contributed by atoms with Crippen molar-refractivity contribution in [3.8, 4) is 23.0 Å². The minimum Gasteiger partial charge on any atom is -0.496 e. The molecule has 54 heavy (non-hydrogen) atoms. The molecular formula is C44H38N2O8. The highest BCUT2D eigenvalue weighted by atomic mass is 16.6. The van der Waals surface area contributed by atoms with E-state index in [1.165, 1.54) is 0 Å². The van der Waals surface area contributed by atoms with Crippen LogP contribution in [0, 0.1) is 20.2 Å². The van der Waals surface area contributed by atoms with Crippen LogP contribution in [0.1, 0.15) is 55.6 Å². The summed E-state index contributed by atoms with van der Waals surface area (Å²) in [4.78, 5) is 24.0. The van der Waals surface area contributed by atoms with E-state index in [1.807, 2.05) is 97.1 Å². The van der Waals surface area contributed by atoms with Gasteiger partial charge in [-0.15, -0.1) is 0 Å². The Morgan fingerprint density at radius 3 is 1.04 bits per heavy atom. The Kier molecular flexibility index (Phi) is 10.5. The van der Waals surface area contributed by atoms with Gasteiger partial charge in [0.2, 0.25) is 0 Å². The van der Waals surface area contributed by atoms with Crippen molar-refractivity contribution >= 4 is 11.4 Å². The first-order valence-electron chi connectivity index (χ1n) is 17.5. The summed E-state index contributed by atoms with van der Waals surface area (Å²) in [5.41, 5.74) is 7.38. The third-order valence-electron chi connectivity index (χ3n) is 9.62. The lowest BCUT2D eigenvalue weighted by Gasteiger charge is -2.22. The monoisotopic (exact) mass is 722 g/mol. The van der Waals surface area contributed by atoms with Crippen LogP contribution in [0.4, 0.5) is 11.4 Å². The Morgan fingerprint density at radius 2 is 0.759 bits per heavy atom. The van der Waals surface area contributed by atoms with Gasteiger partial charge in [-0.05, 0) is 33.4 Å². The lowest BCUT2D eigenvalue weighted by Crippen LogP contribution is -2.09. The summed E-state index contributed by atoms with van der Waals surface area (Å²) < 4.78 is 25.3. The summed E-state index contributed by atoms with van der Waals surface area (Å²) in [5.74, 6) is 2.24. The third-order valence-corrected chi connectivity index (χ3v) is 9.62. The molecule has 1 aliphatic carbocycles. The first-order chi connectivity index (χ1) is 26.3. The molecule has 0 spiro atoms. The molecule has 272 valence electrons. The van der Waals surface area contributed by atoms with E-state index >= 15 is 0 Å². The Labute approximate surface area is 312 Å². The second-order valence-corrected chi connectivity index (χ2v) is 13.2. The van der Waals surface area contributed by atoms with Crippen molar-refractivity contribution in [2.24, 2.45) is 0 Å². The number of nitro benzene ring substituents is 2. The van der Waals surface area contributed by atoms with Crippen LogP contribution in [0.15, 0.2) is 121 Å². The summed E-state index contributed by atoms with van der Waals surface area (Å²) in [7, 11) is 3.15. The minimum atomic E-state index is -0.386. The average Bonchev–Trinajstić information content (AvgIpc) is 3.17. The highest BCUT2D eigenvalue weighted by Gasteiger charge is 2.25. The van der Waals surface area contributed by atoms with Crippen molar-refractivity contribution in [2.75, 3.05) is 14.2 Å². The predicted molar refractivity (Wildman–Crippen MR) is 205 cm³/mol. The second-order valence-electron chi connectivity index (χ2n) is 13.2. The van der Waals surface area contributed by atoms with Gasteiger partial charge in [0.25, 0.3) is 11.4 Å². The van der Waals surface area contributed by atoms with Crippen molar-refractivity contribution in [2.45, 2.75) is 38.9 Å². The number of hydrogen-bond acceptors (Lipinski definition) is 8. The van der Waals surface area contributed by atoms with Crippen LogP contribution in [-0.2, 0) is 38.9 Å². The smallest absolute Gasteiger partial charge is 0.270 e. The number of nitrogens with zero attached hydrogens (tertiary/aromatic N) is 2. The number of para-hydroxylation sites is 2. The van der Waals surface area contributed by atoms with Gasteiger partial charge in [0, 0.05) is 72.2 Å². The number of methoxy groups -OCH3 is 2. The highest BCUT2D eigenvalue weighted by molar-refractivity contribution is 5.60. The van der Waals surface area contributed by atoms with Crippen LogP contribution in [0.5, 0.6) is 23.0 Å². The minimum absolute atomic E-state index is 0.0558. The Balaban J connectivity index is 1.46. The SMILES string of the molecule is COc1c2cc([N+](=O)[O-])cc1Cc1cccc(c1OCc1ccccc1)Cc1cc([N+](=O)[O-])cc(c1OC)Cc1cccc(c1OCc1ccccc1)C2. The molecule has 8 bridgehead atoms. The number of ether oxygens (including phenoxy) is 4. The van der Waals surface area contributed by atoms with E-state index in [0.717, 1.165) is 33.4 Å². The van der Waals surface area contributed by atoms with Crippen molar-refractivity contribution < 1.29 is 28.8 Å². The molecule has 0 N–H and O–H groups in total. The molecule has 0 saturated carbocycles. The maximum absolute atomic E-state index is 12.4. The molecular weight excluding hydrogens is 684 g/mol. The van der Waals surface area contributed by atoms with E-state index in [-0.39, 0.29) is 60.1 Å². The molecule has 6 aromatic rings. The number of benzene rings is 6. The quantitative estimate of drug-likeness (QED) is 0.101. The third kappa shape index (κ3) is 7.73. The fourth-order valence-electron chi connectivity index (χ4n) is 7.22. The van der Waals surface area contributed by atoms with Crippen molar-refractivity contribution in [3.63, 3.8) is 0 Å². The van der Waals surface area contributed by atoms with Crippen LogP contribution in [-0.4, -0.2) is 24.1 Å². The van der Waals surface area contributed by atoms with E-state index in [9.17, 15) is 20.2 Å². The molecule has 10 heteroatoms. The zero-order valence-corrected chi connectivity index (χ0v) is 30.0. The van der Waals surface area contributed by atoms with Crippen LogP contribution < -0.4 is 18.9 Å². The van der Waals surface area contributed by atoms with Gasteiger partial charge < -0.3 is 18.9 Å². The van der Waals surface area contributed by atoms with Gasteiger partial charge in [-0.2, -0.15) is 0 Å². The molecule has 0 radical (unpaired) electrons. The van der Waals surface area contributed by atoms with Gasteiger partial charge in [-0.25, -0.2) is 0 Å². The first kappa shape index (κ1) is 35.7. The second kappa shape index (κ2) is 15.9. The summed E-state index contributed by atoms with van der Waals surface area (Å²) in [6, 6.07) is 37.3. The van der Waals surface area contributed by atoms with Crippen LogP contribution in [0.2, 0.25) is 0 Å². The topological polar surface area (TPSA) is 123 Å². The maximum Gasteiger partial charge on any atom is 0.270 e. The number of rotatable bonds is 10. The lowest BCUT2D eigenvalue weighted by molar-refractivity contribution is -0.385. The Morgan fingerprint density at radius 1 is 0.444 bits per heavy atom. The van der Waals surface area contributed by atoms with Crippen molar-refractivity contribution in [3.05, 3.63) is 197 Å². The van der Waals surface area contributed by atoms with Crippen LogP contribution >= 0.6 is 0 Å². The van der Waals surface area contributed by atoms with Crippen molar-refractivity contribution in [1.82, 2.24) is 0 Å². The molecule has 0 unspecified atom stereocenters. The largest absolute Gasteiger partial charge is 0.496 e. The number of nitro groups is 2. The summed E-state index contributed by atoms with van der Waals surface area (Å²) in [5, 5.41) is 24.8. The standard InChI is InChI=1S/C44H38N2O8/c1-51-41-35-19-31-15-9-17-33(43(31)53-27-29-11-5-3-6-12-29)21-37-25-40(46(49)50)26-38(42(37)52-2)22-34-18-10-16-32(20-36(41)24-39(23-35)45(47)48)44(34)54-28-30-13-7-4-8-14-30/h3-18,23-26H,19-22,27-28H2,1-2H3. The van der Waals surface area contributed by atoms with Gasteiger partial charge in [-0.1, -0.05) is 97.1 Å². The van der Waals surface area contributed by atoms with Crippen molar-refractivity contribution in [1.29, 1.82) is 0 Å². The molecule has 6 aromatic carbocycles. The van der Waals surface area contributed by atoms with E-state index in [0.29, 0.717) is 45.3 Å². The molecule has 0 amide bonds. The summed E-state index contributed by atoms with van der Waals surface area (Å²) in [6.07, 6.45) is 1.02. The fraction of sp³-hybridized carbons (Fsp3) is 0.182. The number of non-ortho nitro benzene ring substituents is 2. The lowest BCUT2D eigenvalue weighted by atomic mass is 9.90. The van der Waals surface area contributed by atoms with Gasteiger partial charge in [0.1, 0.15) is 36.2 Å². The van der Waals surface area contributed by atoms with E-state index < -0.39 is 0 Å². The van der Waals surface area contributed by atoms with E-state index in [2.05, 4.69) is 0 Å². The molecule has 7 rings (SSSR count). The zero-order valence-electron chi connectivity index (χ0n) is 30.0. The normalized spacial score (nSPS) is 12.0. The highest BCUT2D eigenvalue weighted by Crippen LogP contribution is 2.41. The fourth-order valence-corrected chi connectivity index (χ4v) is 7.22. The molecule has 0 aromatic heterocycles. The predicted octanol–water partition coefficient (Wildman–Crippen LogP) is 9.35. The van der Waals surface area contributed by atoms with E-state index in [1.54, 1.807) is 38.5 Å². The Bertz CT molecular complexity index is 2070. The van der Waals surface area contributed by atoms with Gasteiger partial charge in [0.15, 0.2) is 0 Å². The first-order valence-corrected chi connectivity index (χ1v) is 17.5. The maximum atomic E-state index is 12.4. The average molecular weight is 723 g/mol. The molecule has 10 nitrogen and oxygen atoms in total. The molecule has 0 atom stereocenters. The molecule has 1 aliphatic rings. The molecule has 0 saturated heterocycles. The molecule has 0 aliphatic heterocycles. The molecule has 0 heterocycles. The van der Waals surface area contributed by atoms with E-state index in [4.69, 9.17) is 18.9 Å². The number of fused-ring (bicyclic) bond motifs is 8. The summed E-state index contributed by atoms with van der Waals surface area (Å²) >= 11 is 0. The number of hydrogen-bond donors (Lipinski definition) is 0. The zero-order chi connectivity index (χ0) is 37.6. The van der Waals surface area contributed by atoms with Gasteiger partial charge in [0.05, 0.1) is 24.1 Å². The van der Waals surface area contributed by atoms with Gasteiger partial charge >= 0.3 is 0 Å². The van der Waals surface area contributed by atoms with Crippen LogP contribution in [0.3, 0.4) is 0 Å².